The molecule has 132 valence electrons. The molecule has 0 bridgehead atoms. The predicted octanol–water partition coefficient (Wildman–Crippen LogP) is 4.56. The molecular weight excluding hydrogens is 312 g/mol. The molecule has 3 rings (SSSR count). The molecule has 5 nitrogen and oxygen atoms in total. The monoisotopic (exact) mass is 338 g/mol. The number of anilines is 1. The summed E-state index contributed by atoms with van der Waals surface area (Å²) in [6.45, 7) is 12.0. The summed E-state index contributed by atoms with van der Waals surface area (Å²) in [5, 5.41) is 8.68. The molecule has 2 heterocycles. The van der Waals surface area contributed by atoms with Crippen LogP contribution in [-0.2, 0) is 13.1 Å². The molecule has 0 unspecified atom stereocenters. The van der Waals surface area contributed by atoms with Gasteiger partial charge in [0.05, 0.1) is 5.69 Å². The van der Waals surface area contributed by atoms with E-state index in [4.69, 9.17) is 0 Å². The minimum atomic E-state index is -0.118. The smallest absolute Gasteiger partial charge is 0.273 e. The Morgan fingerprint density at radius 3 is 2.56 bits per heavy atom. The quantitative estimate of drug-likeness (QED) is 0.741. The third-order valence-electron chi connectivity index (χ3n) is 4.61. The van der Waals surface area contributed by atoms with Crippen molar-refractivity contribution in [2.24, 2.45) is 0 Å². The largest absolute Gasteiger partial charge is 0.345 e. The first kappa shape index (κ1) is 17.3. The minimum Gasteiger partial charge on any atom is -0.345 e. The van der Waals surface area contributed by atoms with E-state index in [1.165, 1.54) is 11.2 Å². The maximum absolute atomic E-state index is 12.7. The zero-order valence-corrected chi connectivity index (χ0v) is 15.6. The molecule has 25 heavy (non-hydrogen) atoms. The molecule has 0 aliphatic carbocycles. The molecule has 1 N–H and O–H groups in total. The SMILES string of the molecule is CCn1nc(C(C)C)cc1C(=O)Nc1ccc2c(c1)cc(C)n2CC. The fourth-order valence-electron chi connectivity index (χ4n) is 3.24. The number of hydrogen-bond acceptors (Lipinski definition) is 2. The van der Waals surface area contributed by atoms with E-state index in [9.17, 15) is 4.79 Å². The van der Waals surface area contributed by atoms with Crippen LogP contribution in [0.2, 0.25) is 0 Å². The van der Waals surface area contributed by atoms with Gasteiger partial charge in [0.1, 0.15) is 5.69 Å². The van der Waals surface area contributed by atoms with Crippen LogP contribution in [-0.4, -0.2) is 20.3 Å². The number of fused-ring (bicyclic) bond motifs is 1. The topological polar surface area (TPSA) is 51.9 Å². The molecule has 3 aromatic rings. The Morgan fingerprint density at radius 1 is 1.16 bits per heavy atom. The van der Waals surface area contributed by atoms with Crippen molar-refractivity contribution in [1.29, 1.82) is 0 Å². The van der Waals surface area contributed by atoms with Crippen LogP contribution in [0, 0.1) is 6.92 Å². The number of hydrogen-bond donors (Lipinski definition) is 1. The van der Waals surface area contributed by atoms with Crippen molar-refractivity contribution in [1.82, 2.24) is 14.3 Å². The molecule has 0 saturated heterocycles. The summed E-state index contributed by atoms with van der Waals surface area (Å²) in [6, 6.07) is 10.1. The van der Waals surface area contributed by atoms with Crippen molar-refractivity contribution >= 4 is 22.5 Å². The van der Waals surface area contributed by atoms with Crippen molar-refractivity contribution < 1.29 is 4.79 Å². The van der Waals surface area contributed by atoms with Gasteiger partial charge in [0.15, 0.2) is 0 Å². The van der Waals surface area contributed by atoms with Gasteiger partial charge in [0.25, 0.3) is 5.91 Å². The van der Waals surface area contributed by atoms with Gasteiger partial charge in [0.2, 0.25) is 0 Å². The number of aromatic nitrogens is 3. The number of carbonyl (C=O) groups is 1. The first-order valence-electron chi connectivity index (χ1n) is 8.93. The lowest BCUT2D eigenvalue weighted by Gasteiger charge is -2.08. The normalized spacial score (nSPS) is 11.4. The zero-order chi connectivity index (χ0) is 18.1. The van der Waals surface area contributed by atoms with Gasteiger partial charge in [-0.25, -0.2) is 0 Å². The molecule has 2 aromatic heterocycles. The Labute approximate surface area is 148 Å². The highest BCUT2D eigenvalue weighted by molar-refractivity contribution is 6.04. The maximum atomic E-state index is 12.7. The number of nitrogens with one attached hydrogen (secondary N) is 1. The lowest BCUT2D eigenvalue weighted by Crippen LogP contribution is -2.17. The van der Waals surface area contributed by atoms with E-state index >= 15 is 0 Å². The number of benzene rings is 1. The molecule has 0 saturated carbocycles. The molecule has 0 fully saturated rings. The van der Waals surface area contributed by atoms with E-state index in [2.05, 4.69) is 54.8 Å². The van der Waals surface area contributed by atoms with Crippen LogP contribution in [0.1, 0.15) is 55.5 Å². The van der Waals surface area contributed by atoms with Crippen LogP contribution < -0.4 is 5.32 Å². The van der Waals surface area contributed by atoms with Crippen LogP contribution in [0.3, 0.4) is 0 Å². The highest BCUT2D eigenvalue weighted by Gasteiger charge is 2.16. The summed E-state index contributed by atoms with van der Waals surface area (Å²) in [7, 11) is 0. The zero-order valence-electron chi connectivity index (χ0n) is 15.6. The number of carbonyl (C=O) groups excluding carboxylic acids is 1. The molecule has 1 aromatic carbocycles. The average Bonchev–Trinajstić information content (AvgIpc) is 3.14. The van der Waals surface area contributed by atoms with E-state index in [1.54, 1.807) is 4.68 Å². The summed E-state index contributed by atoms with van der Waals surface area (Å²) < 4.78 is 4.03. The molecule has 0 atom stereocenters. The molecule has 5 heteroatoms. The van der Waals surface area contributed by atoms with Gasteiger partial charge in [-0.2, -0.15) is 5.10 Å². The van der Waals surface area contributed by atoms with Crippen LogP contribution in [0.25, 0.3) is 10.9 Å². The van der Waals surface area contributed by atoms with Crippen molar-refractivity contribution in [3.63, 3.8) is 0 Å². The van der Waals surface area contributed by atoms with Gasteiger partial charge < -0.3 is 9.88 Å². The maximum Gasteiger partial charge on any atom is 0.273 e. The first-order chi connectivity index (χ1) is 11.9. The third kappa shape index (κ3) is 3.18. The first-order valence-corrected chi connectivity index (χ1v) is 8.93. The van der Waals surface area contributed by atoms with Crippen LogP contribution in [0.5, 0.6) is 0 Å². The summed E-state index contributed by atoms with van der Waals surface area (Å²) in [5.41, 5.74) is 4.78. The Hall–Kier alpha value is -2.56. The fourth-order valence-corrected chi connectivity index (χ4v) is 3.24. The molecule has 1 amide bonds. The van der Waals surface area contributed by atoms with Gasteiger partial charge >= 0.3 is 0 Å². The second-order valence-corrected chi connectivity index (χ2v) is 6.68. The number of rotatable bonds is 5. The van der Waals surface area contributed by atoms with E-state index in [0.717, 1.165) is 23.3 Å². The predicted molar refractivity (Wildman–Crippen MR) is 102 cm³/mol. The van der Waals surface area contributed by atoms with Crippen LogP contribution in [0.4, 0.5) is 5.69 Å². The van der Waals surface area contributed by atoms with Gasteiger partial charge in [-0.1, -0.05) is 13.8 Å². The lowest BCUT2D eigenvalue weighted by molar-refractivity contribution is 0.101. The molecule has 0 radical (unpaired) electrons. The fraction of sp³-hybridized carbons (Fsp3) is 0.400. The molecule has 0 aliphatic rings. The van der Waals surface area contributed by atoms with Gasteiger partial charge in [-0.3, -0.25) is 9.48 Å². The van der Waals surface area contributed by atoms with Crippen molar-refractivity contribution in [2.75, 3.05) is 5.32 Å². The van der Waals surface area contributed by atoms with Crippen molar-refractivity contribution in [2.45, 2.75) is 53.6 Å². The third-order valence-corrected chi connectivity index (χ3v) is 4.61. The number of aryl methyl sites for hydroxylation is 3. The van der Waals surface area contributed by atoms with Crippen molar-refractivity contribution in [3.05, 3.63) is 47.4 Å². The van der Waals surface area contributed by atoms with Gasteiger partial charge in [-0.05, 0) is 57.0 Å². The summed E-state index contributed by atoms with van der Waals surface area (Å²) in [5.74, 6) is 0.180. The van der Waals surface area contributed by atoms with Crippen molar-refractivity contribution in [3.8, 4) is 0 Å². The highest BCUT2D eigenvalue weighted by atomic mass is 16.2. The molecular formula is C20H26N4O. The number of amides is 1. The van der Waals surface area contributed by atoms with E-state index in [0.29, 0.717) is 18.2 Å². The second-order valence-electron chi connectivity index (χ2n) is 6.68. The van der Waals surface area contributed by atoms with Gasteiger partial charge in [0, 0.05) is 35.4 Å². The lowest BCUT2D eigenvalue weighted by atomic mass is 10.1. The standard InChI is InChI=1S/C20H26N4O/c1-6-23-14(5)10-15-11-16(8-9-18(15)23)21-20(25)19-12-17(13(3)4)22-24(19)7-2/h8-13H,6-7H2,1-5H3,(H,21,25). The van der Waals surface area contributed by atoms with Crippen LogP contribution >= 0.6 is 0 Å². The summed E-state index contributed by atoms with van der Waals surface area (Å²) in [6.07, 6.45) is 0. The Bertz CT molecular complexity index is 917. The van der Waals surface area contributed by atoms with Crippen LogP contribution in [0.15, 0.2) is 30.3 Å². The number of nitrogens with zero attached hydrogens (tertiary/aromatic N) is 3. The second kappa shape index (κ2) is 6.75. The average molecular weight is 338 g/mol. The van der Waals surface area contributed by atoms with Gasteiger partial charge in [-0.15, -0.1) is 0 Å². The Kier molecular flexibility index (Phi) is 4.66. The Morgan fingerprint density at radius 2 is 1.92 bits per heavy atom. The Balaban J connectivity index is 1.89. The van der Waals surface area contributed by atoms with E-state index in [-0.39, 0.29) is 5.91 Å². The molecule has 0 aliphatic heterocycles. The minimum absolute atomic E-state index is 0.118. The highest BCUT2D eigenvalue weighted by Crippen LogP contribution is 2.24. The van der Waals surface area contributed by atoms with E-state index in [1.807, 2.05) is 25.1 Å². The van der Waals surface area contributed by atoms with E-state index < -0.39 is 0 Å². The summed E-state index contributed by atoms with van der Waals surface area (Å²) >= 11 is 0. The molecule has 0 spiro atoms. The summed E-state index contributed by atoms with van der Waals surface area (Å²) in [4.78, 5) is 12.7.